The lowest BCUT2D eigenvalue weighted by Crippen LogP contribution is -1.97. The minimum absolute atomic E-state index is 0.126. The largest absolute Gasteiger partial charge is 0.507 e. The summed E-state index contributed by atoms with van der Waals surface area (Å²) in [5, 5.41) is 13.2. The molecule has 0 saturated carbocycles. The molecule has 5 aromatic rings. The van der Waals surface area contributed by atoms with Gasteiger partial charge in [-0.3, -0.25) is 0 Å². The zero-order valence-corrected chi connectivity index (χ0v) is 16.8. The maximum Gasteiger partial charge on any atom is 0.230 e. The molecule has 0 aliphatic carbocycles. The van der Waals surface area contributed by atoms with Gasteiger partial charge in [0.2, 0.25) is 5.88 Å². The molecule has 0 fully saturated rings. The van der Waals surface area contributed by atoms with E-state index in [1.807, 2.05) is 60.7 Å². The number of hydrogen-bond acceptors (Lipinski definition) is 4. The third-order valence-corrected chi connectivity index (χ3v) is 5.57. The van der Waals surface area contributed by atoms with Crippen LogP contribution in [0.5, 0.6) is 17.4 Å². The molecular weight excluding hydrogens is 428 g/mol. The number of rotatable bonds is 3. The summed E-state index contributed by atoms with van der Waals surface area (Å²) in [7, 11) is 0. The molecule has 4 aromatic carbocycles. The van der Waals surface area contributed by atoms with Crippen LogP contribution in [0.15, 0.2) is 89.4 Å². The second kappa shape index (κ2) is 7.18. The second-order valence-electron chi connectivity index (χ2n) is 6.59. The molecule has 0 unspecified atom stereocenters. The average Bonchev–Trinajstić information content (AvgIpc) is 2.76. The molecular formula is C24H15BrN2O2. The third-order valence-electron chi connectivity index (χ3n) is 4.75. The molecule has 0 bridgehead atoms. The SMILES string of the molecule is Oc1ccccc1-c1nc(Oc2ccc3ccccc3c2Br)c2ccccc2n1. The van der Waals surface area contributed by atoms with Gasteiger partial charge >= 0.3 is 0 Å². The number of benzene rings is 4. The quantitative estimate of drug-likeness (QED) is 0.337. The fraction of sp³-hybridized carbons (Fsp3) is 0. The van der Waals surface area contributed by atoms with E-state index < -0.39 is 0 Å². The lowest BCUT2D eigenvalue weighted by Gasteiger charge is -2.13. The number of aromatic nitrogens is 2. The van der Waals surface area contributed by atoms with Crippen LogP contribution in [0.1, 0.15) is 0 Å². The number of phenolic OH excluding ortho intramolecular Hbond substituents is 1. The van der Waals surface area contributed by atoms with Crippen molar-refractivity contribution in [3.05, 3.63) is 89.4 Å². The Morgan fingerprint density at radius 1 is 0.724 bits per heavy atom. The van der Waals surface area contributed by atoms with Gasteiger partial charge in [-0.05, 0) is 57.0 Å². The molecule has 0 atom stereocenters. The zero-order valence-electron chi connectivity index (χ0n) is 15.2. The van der Waals surface area contributed by atoms with Gasteiger partial charge in [0.1, 0.15) is 11.5 Å². The predicted octanol–water partition coefficient (Wildman–Crippen LogP) is 6.71. The number of ether oxygens (including phenoxy) is 1. The Balaban J connectivity index is 1.69. The standard InChI is InChI=1S/C24H15BrN2O2/c25-22-16-8-2-1-7-15(16)13-14-21(22)29-24-17-9-3-5-11-19(17)26-23(27-24)18-10-4-6-12-20(18)28/h1-14,28H. The van der Waals surface area contributed by atoms with Crippen LogP contribution in [-0.2, 0) is 0 Å². The molecule has 4 nitrogen and oxygen atoms in total. The van der Waals surface area contributed by atoms with E-state index in [1.165, 1.54) is 0 Å². The van der Waals surface area contributed by atoms with Crippen molar-refractivity contribution in [2.75, 3.05) is 0 Å². The topological polar surface area (TPSA) is 55.2 Å². The molecule has 5 rings (SSSR count). The lowest BCUT2D eigenvalue weighted by molar-refractivity contribution is 0.465. The van der Waals surface area contributed by atoms with Crippen LogP contribution in [0.2, 0.25) is 0 Å². The van der Waals surface area contributed by atoms with E-state index in [2.05, 4.69) is 32.0 Å². The highest BCUT2D eigenvalue weighted by molar-refractivity contribution is 9.10. The fourth-order valence-corrected chi connectivity index (χ4v) is 3.88. The maximum absolute atomic E-state index is 10.3. The summed E-state index contributed by atoms with van der Waals surface area (Å²) in [6.45, 7) is 0. The summed E-state index contributed by atoms with van der Waals surface area (Å²) >= 11 is 3.67. The molecule has 5 heteroatoms. The molecule has 0 saturated heterocycles. The van der Waals surface area contributed by atoms with Crippen LogP contribution < -0.4 is 4.74 Å². The molecule has 140 valence electrons. The highest BCUT2D eigenvalue weighted by Gasteiger charge is 2.15. The van der Waals surface area contributed by atoms with Gasteiger partial charge in [0, 0.05) is 0 Å². The summed E-state index contributed by atoms with van der Waals surface area (Å²) in [5.74, 6) is 1.63. The van der Waals surface area contributed by atoms with Crippen LogP contribution in [0.25, 0.3) is 33.1 Å². The molecule has 1 heterocycles. The normalized spacial score (nSPS) is 11.1. The number of halogens is 1. The van der Waals surface area contributed by atoms with Gasteiger partial charge in [0.25, 0.3) is 0 Å². The van der Waals surface area contributed by atoms with Gasteiger partial charge in [-0.25, -0.2) is 4.98 Å². The van der Waals surface area contributed by atoms with E-state index in [9.17, 15) is 5.11 Å². The monoisotopic (exact) mass is 442 g/mol. The summed E-state index contributed by atoms with van der Waals surface area (Å²) < 4.78 is 7.12. The first-order valence-corrected chi connectivity index (χ1v) is 9.90. The van der Waals surface area contributed by atoms with E-state index in [4.69, 9.17) is 4.74 Å². The first-order chi connectivity index (χ1) is 14.2. The summed E-state index contributed by atoms with van der Waals surface area (Å²) in [6, 6.07) is 26.7. The minimum atomic E-state index is 0.126. The lowest BCUT2D eigenvalue weighted by atomic mass is 10.1. The Morgan fingerprint density at radius 2 is 1.45 bits per heavy atom. The maximum atomic E-state index is 10.3. The molecule has 0 aliphatic rings. The van der Waals surface area contributed by atoms with Gasteiger partial charge in [0.05, 0.1) is 20.9 Å². The smallest absolute Gasteiger partial charge is 0.230 e. The Bertz CT molecular complexity index is 1370. The van der Waals surface area contributed by atoms with Crippen molar-refractivity contribution in [2.45, 2.75) is 0 Å². The molecule has 0 aliphatic heterocycles. The molecule has 0 amide bonds. The molecule has 1 N–H and O–H groups in total. The number of fused-ring (bicyclic) bond motifs is 2. The van der Waals surface area contributed by atoms with Gasteiger partial charge < -0.3 is 9.84 Å². The van der Waals surface area contributed by atoms with Crippen molar-refractivity contribution in [1.82, 2.24) is 9.97 Å². The molecule has 29 heavy (non-hydrogen) atoms. The third kappa shape index (κ3) is 3.19. The number of hydrogen-bond donors (Lipinski definition) is 1. The molecule has 0 radical (unpaired) electrons. The summed E-state index contributed by atoms with van der Waals surface area (Å²) in [4.78, 5) is 9.25. The average molecular weight is 443 g/mol. The molecule has 1 aromatic heterocycles. The van der Waals surface area contributed by atoms with Crippen LogP contribution in [-0.4, -0.2) is 15.1 Å². The second-order valence-corrected chi connectivity index (χ2v) is 7.38. The van der Waals surface area contributed by atoms with Crippen molar-refractivity contribution in [3.8, 4) is 28.8 Å². The van der Waals surface area contributed by atoms with Gasteiger partial charge in [-0.15, -0.1) is 0 Å². The van der Waals surface area contributed by atoms with Crippen molar-refractivity contribution in [3.63, 3.8) is 0 Å². The van der Waals surface area contributed by atoms with Gasteiger partial charge in [-0.1, -0.05) is 54.6 Å². The molecule has 0 spiro atoms. The van der Waals surface area contributed by atoms with Crippen molar-refractivity contribution >= 4 is 37.6 Å². The summed E-state index contributed by atoms with van der Waals surface area (Å²) in [6.07, 6.45) is 0. The minimum Gasteiger partial charge on any atom is -0.507 e. The van der Waals surface area contributed by atoms with Crippen molar-refractivity contribution < 1.29 is 9.84 Å². The Hall–Kier alpha value is -3.44. The van der Waals surface area contributed by atoms with Gasteiger partial charge in [-0.2, -0.15) is 4.98 Å². The number of phenols is 1. The van der Waals surface area contributed by atoms with Crippen LogP contribution in [0.3, 0.4) is 0 Å². The van der Waals surface area contributed by atoms with Crippen molar-refractivity contribution in [2.24, 2.45) is 0 Å². The zero-order chi connectivity index (χ0) is 19.8. The summed E-state index contributed by atoms with van der Waals surface area (Å²) in [5.41, 5.74) is 1.30. The fourth-order valence-electron chi connectivity index (χ4n) is 3.31. The Morgan fingerprint density at radius 3 is 2.31 bits per heavy atom. The highest BCUT2D eigenvalue weighted by atomic mass is 79.9. The van der Waals surface area contributed by atoms with E-state index in [0.717, 1.165) is 26.1 Å². The van der Waals surface area contributed by atoms with Crippen LogP contribution >= 0.6 is 15.9 Å². The van der Waals surface area contributed by atoms with Crippen LogP contribution in [0, 0.1) is 0 Å². The first kappa shape index (κ1) is 17.6. The van der Waals surface area contributed by atoms with Crippen LogP contribution in [0.4, 0.5) is 0 Å². The highest BCUT2D eigenvalue weighted by Crippen LogP contribution is 2.38. The van der Waals surface area contributed by atoms with E-state index in [0.29, 0.717) is 23.0 Å². The van der Waals surface area contributed by atoms with E-state index in [-0.39, 0.29) is 5.75 Å². The number of nitrogens with zero attached hydrogens (tertiary/aromatic N) is 2. The van der Waals surface area contributed by atoms with Gasteiger partial charge in [0.15, 0.2) is 5.82 Å². The predicted molar refractivity (Wildman–Crippen MR) is 118 cm³/mol. The Labute approximate surface area is 175 Å². The first-order valence-electron chi connectivity index (χ1n) is 9.11. The number of para-hydroxylation sites is 2. The Kier molecular flexibility index (Phi) is 4.37. The van der Waals surface area contributed by atoms with Crippen molar-refractivity contribution in [1.29, 1.82) is 0 Å². The number of aromatic hydroxyl groups is 1. The van der Waals surface area contributed by atoms with E-state index >= 15 is 0 Å². The van der Waals surface area contributed by atoms with E-state index in [1.54, 1.807) is 18.2 Å².